The second-order valence-electron chi connectivity index (χ2n) is 4.16. The summed E-state index contributed by atoms with van der Waals surface area (Å²) in [5.41, 5.74) is 1.91. The summed E-state index contributed by atoms with van der Waals surface area (Å²) in [6.45, 7) is -2.89. The molecule has 0 amide bonds. The zero-order chi connectivity index (χ0) is 14.7. The molecule has 0 aliphatic carbocycles. The topological polar surface area (TPSA) is 63.7 Å². The van der Waals surface area contributed by atoms with E-state index >= 15 is 0 Å². The van der Waals surface area contributed by atoms with Gasteiger partial charge in [0, 0.05) is 11.1 Å². The predicted molar refractivity (Wildman–Crippen MR) is 71.7 cm³/mol. The minimum Gasteiger partial charge on any atom is -0.434 e. The molecule has 0 saturated carbocycles. The van der Waals surface area contributed by atoms with Crippen molar-refractivity contribution in [2.45, 2.75) is 6.61 Å². The molecular weight excluding hydrogens is 278 g/mol. The fraction of sp³-hybridized carbons (Fsp3) is 0.0714. The van der Waals surface area contributed by atoms with Crippen LogP contribution in [0.4, 0.5) is 8.78 Å². The van der Waals surface area contributed by atoms with Gasteiger partial charge in [-0.15, -0.1) is 10.2 Å². The summed E-state index contributed by atoms with van der Waals surface area (Å²) in [7, 11) is 0. The highest BCUT2D eigenvalue weighted by atomic mass is 19.3. The Morgan fingerprint density at radius 3 is 2.24 bits per heavy atom. The largest absolute Gasteiger partial charge is 0.434 e. The van der Waals surface area contributed by atoms with Crippen molar-refractivity contribution in [3.63, 3.8) is 0 Å². The van der Waals surface area contributed by atoms with Crippen molar-refractivity contribution in [2.75, 3.05) is 0 Å². The minimum absolute atomic E-state index is 0.100. The lowest BCUT2D eigenvalue weighted by Crippen LogP contribution is -2.03. The molecule has 3 rings (SSSR count). The van der Waals surface area contributed by atoms with E-state index in [0.717, 1.165) is 0 Å². The number of aromatic amines is 1. The molecule has 0 atom stereocenters. The Kier molecular flexibility index (Phi) is 3.55. The Labute approximate surface area is 118 Å². The number of rotatable bonds is 4. The second-order valence-corrected chi connectivity index (χ2v) is 4.16. The highest BCUT2D eigenvalue weighted by Crippen LogP contribution is 2.36. The first-order chi connectivity index (χ1) is 10.3. The average molecular weight is 288 g/mol. The van der Waals surface area contributed by atoms with Gasteiger partial charge >= 0.3 is 6.61 Å². The Bertz CT molecular complexity index is 731. The molecule has 21 heavy (non-hydrogen) atoms. The lowest BCUT2D eigenvalue weighted by molar-refractivity contribution is -0.0494. The van der Waals surface area contributed by atoms with Crippen LogP contribution in [0.15, 0.2) is 48.5 Å². The monoisotopic (exact) mass is 288 g/mol. The van der Waals surface area contributed by atoms with Gasteiger partial charge in [-0.3, -0.25) is 0 Å². The molecule has 0 saturated heterocycles. The molecule has 0 radical (unpaired) electrons. The van der Waals surface area contributed by atoms with Crippen LogP contribution in [0.3, 0.4) is 0 Å². The maximum absolute atomic E-state index is 12.5. The van der Waals surface area contributed by atoms with Crippen molar-refractivity contribution in [3.8, 4) is 28.3 Å². The molecule has 0 aliphatic heterocycles. The van der Waals surface area contributed by atoms with E-state index in [1.807, 2.05) is 6.07 Å². The molecule has 2 aromatic carbocycles. The molecule has 0 bridgehead atoms. The number of benzene rings is 2. The van der Waals surface area contributed by atoms with Gasteiger partial charge in [-0.05, 0) is 16.8 Å². The summed E-state index contributed by atoms with van der Waals surface area (Å²) in [4.78, 5) is 0. The highest BCUT2D eigenvalue weighted by molar-refractivity contribution is 5.83. The van der Waals surface area contributed by atoms with Gasteiger partial charge in [0.2, 0.25) is 5.82 Å². The standard InChI is InChI=1S/C14H10F2N4O/c15-14(16)21-12-8-4-3-6-10(12)9-5-1-2-7-11(9)13-17-19-20-18-13/h1-8,14H,(H,17,18,19,20). The lowest BCUT2D eigenvalue weighted by atomic mass is 9.98. The molecule has 1 N–H and O–H groups in total. The van der Waals surface area contributed by atoms with E-state index in [1.165, 1.54) is 6.07 Å². The first kappa shape index (κ1) is 13.2. The summed E-state index contributed by atoms with van der Waals surface area (Å²) in [6.07, 6.45) is 0. The number of hydrogen-bond donors (Lipinski definition) is 1. The van der Waals surface area contributed by atoms with Crippen LogP contribution < -0.4 is 4.74 Å². The maximum atomic E-state index is 12.5. The summed E-state index contributed by atoms with van der Waals surface area (Å²) >= 11 is 0. The number of para-hydroxylation sites is 1. The Morgan fingerprint density at radius 1 is 0.905 bits per heavy atom. The lowest BCUT2D eigenvalue weighted by Gasteiger charge is -2.12. The molecule has 3 aromatic rings. The quantitative estimate of drug-likeness (QED) is 0.801. The van der Waals surface area contributed by atoms with E-state index in [-0.39, 0.29) is 5.75 Å². The van der Waals surface area contributed by atoms with Crippen LogP contribution in [0.5, 0.6) is 5.75 Å². The smallest absolute Gasteiger partial charge is 0.387 e. The predicted octanol–water partition coefficient (Wildman–Crippen LogP) is 3.14. The summed E-state index contributed by atoms with van der Waals surface area (Å²) < 4.78 is 29.6. The Balaban J connectivity index is 2.14. The van der Waals surface area contributed by atoms with Crippen molar-refractivity contribution in [1.29, 1.82) is 0 Å². The van der Waals surface area contributed by atoms with E-state index in [9.17, 15) is 8.78 Å². The normalized spacial score (nSPS) is 10.8. The number of H-pyrrole nitrogens is 1. The molecule has 0 fully saturated rings. The molecule has 1 aromatic heterocycles. The van der Waals surface area contributed by atoms with E-state index in [0.29, 0.717) is 22.5 Å². The van der Waals surface area contributed by atoms with E-state index in [1.54, 1.807) is 36.4 Å². The van der Waals surface area contributed by atoms with Crippen LogP contribution in [-0.4, -0.2) is 27.2 Å². The maximum Gasteiger partial charge on any atom is 0.387 e. The number of hydrogen-bond acceptors (Lipinski definition) is 4. The van der Waals surface area contributed by atoms with Crippen molar-refractivity contribution in [1.82, 2.24) is 20.6 Å². The van der Waals surface area contributed by atoms with Gasteiger partial charge in [-0.25, -0.2) is 0 Å². The molecule has 5 nitrogen and oxygen atoms in total. The van der Waals surface area contributed by atoms with Gasteiger partial charge in [0.1, 0.15) is 5.75 Å². The molecule has 0 unspecified atom stereocenters. The molecule has 1 heterocycles. The van der Waals surface area contributed by atoms with Gasteiger partial charge < -0.3 is 4.74 Å². The molecule has 106 valence electrons. The van der Waals surface area contributed by atoms with Gasteiger partial charge in [0.25, 0.3) is 0 Å². The summed E-state index contributed by atoms with van der Waals surface area (Å²) in [5.74, 6) is 0.487. The van der Waals surface area contributed by atoms with Crippen LogP contribution in [0, 0.1) is 0 Å². The fourth-order valence-corrected chi connectivity index (χ4v) is 2.08. The van der Waals surface area contributed by atoms with E-state index in [2.05, 4.69) is 25.4 Å². The number of alkyl halides is 2. The molecular formula is C14H10F2N4O. The third-order valence-electron chi connectivity index (χ3n) is 2.91. The van der Waals surface area contributed by atoms with Crippen molar-refractivity contribution in [2.24, 2.45) is 0 Å². The highest BCUT2D eigenvalue weighted by Gasteiger charge is 2.15. The number of ether oxygens (including phenoxy) is 1. The number of tetrazole rings is 1. The third-order valence-corrected chi connectivity index (χ3v) is 2.91. The number of nitrogens with zero attached hydrogens (tertiary/aromatic N) is 3. The third kappa shape index (κ3) is 2.71. The van der Waals surface area contributed by atoms with Gasteiger partial charge in [0.05, 0.1) is 0 Å². The van der Waals surface area contributed by atoms with Crippen LogP contribution in [0.1, 0.15) is 0 Å². The zero-order valence-corrected chi connectivity index (χ0v) is 10.7. The van der Waals surface area contributed by atoms with E-state index in [4.69, 9.17) is 0 Å². The fourth-order valence-electron chi connectivity index (χ4n) is 2.08. The summed E-state index contributed by atoms with van der Waals surface area (Å²) in [5, 5.41) is 13.7. The number of halogens is 2. The van der Waals surface area contributed by atoms with Gasteiger partial charge in [0.15, 0.2) is 0 Å². The van der Waals surface area contributed by atoms with Gasteiger partial charge in [-0.1, -0.05) is 42.5 Å². The Hall–Kier alpha value is -2.83. The minimum atomic E-state index is -2.89. The van der Waals surface area contributed by atoms with Crippen molar-refractivity contribution < 1.29 is 13.5 Å². The number of aromatic nitrogens is 4. The van der Waals surface area contributed by atoms with E-state index < -0.39 is 6.61 Å². The molecule has 7 heteroatoms. The number of nitrogens with one attached hydrogen (secondary N) is 1. The van der Waals surface area contributed by atoms with Crippen LogP contribution >= 0.6 is 0 Å². The molecule has 0 aliphatic rings. The average Bonchev–Trinajstić information content (AvgIpc) is 3.01. The zero-order valence-electron chi connectivity index (χ0n) is 10.7. The summed E-state index contributed by atoms with van der Waals surface area (Å²) in [6, 6.07) is 13.8. The first-order valence-corrected chi connectivity index (χ1v) is 6.13. The van der Waals surface area contributed by atoms with Crippen LogP contribution in [-0.2, 0) is 0 Å². The first-order valence-electron chi connectivity index (χ1n) is 6.13. The van der Waals surface area contributed by atoms with Crippen molar-refractivity contribution >= 4 is 0 Å². The van der Waals surface area contributed by atoms with Crippen molar-refractivity contribution in [3.05, 3.63) is 48.5 Å². The second kappa shape index (κ2) is 5.66. The molecule has 0 spiro atoms. The Morgan fingerprint density at radius 2 is 1.57 bits per heavy atom. The SMILES string of the molecule is FC(F)Oc1ccccc1-c1ccccc1-c1nn[nH]n1. The van der Waals surface area contributed by atoms with Crippen LogP contribution in [0.2, 0.25) is 0 Å². The van der Waals surface area contributed by atoms with Gasteiger partial charge in [-0.2, -0.15) is 14.0 Å². The van der Waals surface area contributed by atoms with Crippen LogP contribution in [0.25, 0.3) is 22.5 Å².